The molecule has 0 amide bonds. The van der Waals surface area contributed by atoms with E-state index in [0.717, 1.165) is 23.3 Å². The van der Waals surface area contributed by atoms with Gasteiger partial charge in [0.2, 0.25) is 5.82 Å². The molecular weight excluding hydrogens is 561 g/mol. The van der Waals surface area contributed by atoms with E-state index in [9.17, 15) is 22.7 Å². The van der Waals surface area contributed by atoms with Gasteiger partial charge in [0.15, 0.2) is 0 Å². The van der Waals surface area contributed by atoms with E-state index in [1.165, 1.54) is 36.4 Å². The van der Waals surface area contributed by atoms with Gasteiger partial charge in [0.05, 0.1) is 11.0 Å². The molecular formula is C30H26FN5O5S. The van der Waals surface area contributed by atoms with Gasteiger partial charge < -0.3 is 14.9 Å². The number of carbonyl (C=O) groups is 1. The Morgan fingerprint density at radius 2 is 1.71 bits per heavy atom. The number of benzene rings is 3. The summed E-state index contributed by atoms with van der Waals surface area (Å²) in [5, 5.41) is 17.2. The lowest BCUT2D eigenvalue weighted by molar-refractivity contribution is 0.0994. The summed E-state index contributed by atoms with van der Waals surface area (Å²) in [6.07, 6.45) is 3.33. The number of ketones is 1. The van der Waals surface area contributed by atoms with E-state index in [0.29, 0.717) is 30.8 Å². The summed E-state index contributed by atoms with van der Waals surface area (Å²) in [5.74, 6) is -1.19. The fourth-order valence-corrected chi connectivity index (χ4v) is 5.12. The first-order valence-corrected chi connectivity index (χ1v) is 14.4. The number of halogens is 1. The zero-order valence-corrected chi connectivity index (χ0v) is 23.0. The van der Waals surface area contributed by atoms with Crippen molar-refractivity contribution in [2.75, 3.05) is 17.8 Å². The number of hydrogen-bond donors (Lipinski definition) is 3. The van der Waals surface area contributed by atoms with Gasteiger partial charge in [-0.15, -0.1) is 0 Å². The molecule has 2 heterocycles. The van der Waals surface area contributed by atoms with E-state index in [1.807, 2.05) is 18.2 Å². The number of anilines is 1. The molecule has 3 N–H and O–H groups in total. The molecule has 0 aliphatic heterocycles. The van der Waals surface area contributed by atoms with E-state index >= 15 is 0 Å². The molecule has 1 atom stereocenters. The van der Waals surface area contributed by atoms with Gasteiger partial charge >= 0.3 is 0 Å². The maximum Gasteiger partial charge on any atom is 0.299 e. The van der Waals surface area contributed by atoms with E-state index < -0.39 is 27.7 Å². The van der Waals surface area contributed by atoms with Gasteiger partial charge in [-0.25, -0.2) is 12.8 Å². The van der Waals surface area contributed by atoms with E-state index in [4.69, 9.17) is 4.52 Å². The van der Waals surface area contributed by atoms with Gasteiger partial charge in [0.25, 0.3) is 21.7 Å². The maximum atomic E-state index is 13.1. The Labute approximate surface area is 241 Å². The second kappa shape index (κ2) is 12.8. The monoisotopic (exact) mass is 587 g/mol. The van der Waals surface area contributed by atoms with Crippen LogP contribution in [0.5, 0.6) is 0 Å². The highest BCUT2D eigenvalue weighted by molar-refractivity contribution is 7.92. The Morgan fingerprint density at radius 3 is 2.40 bits per heavy atom. The number of pyridine rings is 1. The minimum absolute atomic E-state index is 0.0257. The van der Waals surface area contributed by atoms with Crippen molar-refractivity contribution >= 4 is 21.5 Å². The zero-order valence-electron chi connectivity index (χ0n) is 22.1. The normalized spacial score (nSPS) is 12.1. The summed E-state index contributed by atoms with van der Waals surface area (Å²) in [6.45, 7) is 1.03. The second-order valence-electron chi connectivity index (χ2n) is 9.34. The molecule has 0 unspecified atom stereocenters. The van der Waals surface area contributed by atoms with Gasteiger partial charge in [0, 0.05) is 41.3 Å². The summed E-state index contributed by atoms with van der Waals surface area (Å²) < 4.78 is 46.6. The summed E-state index contributed by atoms with van der Waals surface area (Å²) in [5.41, 5.74) is 2.80. The van der Waals surface area contributed by atoms with Crippen LogP contribution in [0.25, 0.3) is 11.4 Å². The van der Waals surface area contributed by atoms with Crippen LogP contribution in [0.2, 0.25) is 0 Å². The first-order chi connectivity index (χ1) is 20.3. The largest absolute Gasteiger partial charge is 0.387 e. The van der Waals surface area contributed by atoms with Crippen LogP contribution in [0.15, 0.2) is 107 Å². The van der Waals surface area contributed by atoms with Gasteiger partial charge in [-0.2, -0.15) is 4.98 Å². The Balaban J connectivity index is 1.14. The lowest BCUT2D eigenvalue weighted by atomic mass is 10.1. The van der Waals surface area contributed by atoms with Crippen molar-refractivity contribution in [3.8, 4) is 11.4 Å². The van der Waals surface area contributed by atoms with Crippen LogP contribution in [0.1, 0.15) is 33.5 Å². The Morgan fingerprint density at radius 1 is 0.976 bits per heavy atom. The third-order valence-electron chi connectivity index (χ3n) is 6.35. The number of rotatable bonds is 12. The molecule has 5 rings (SSSR count). The minimum atomic E-state index is -3.87. The van der Waals surface area contributed by atoms with Crippen molar-refractivity contribution in [1.82, 2.24) is 20.4 Å². The van der Waals surface area contributed by atoms with Crippen molar-refractivity contribution in [1.29, 1.82) is 0 Å². The van der Waals surface area contributed by atoms with Gasteiger partial charge in [-0.1, -0.05) is 23.4 Å². The number of hydrogen-bond acceptors (Lipinski definition) is 9. The molecule has 0 saturated heterocycles. The topological polar surface area (TPSA) is 147 Å². The van der Waals surface area contributed by atoms with Crippen molar-refractivity contribution in [2.45, 2.75) is 17.4 Å². The van der Waals surface area contributed by atoms with Crippen LogP contribution in [-0.2, 0) is 16.4 Å². The number of aromatic nitrogens is 3. The highest BCUT2D eigenvalue weighted by Crippen LogP contribution is 2.22. The number of nitrogens with zero attached hydrogens (tertiary/aromatic N) is 3. The molecule has 0 aliphatic carbocycles. The number of sulfonamides is 1. The van der Waals surface area contributed by atoms with Crippen molar-refractivity contribution in [3.05, 3.63) is 126 Å². The van der Waals surface area contributed by atoms with Crippen LogP contribution >= 0.6 is 0 Å². The molecule has 0 bridgehead atoms. The molecule has 12 heteroatoms. The lowest BCUT2D eigenvalue weighted by Gasteiger charge is -2.12. The summed E-state index contributed by atoms with van der Waals surface area (Å²) in [7, 11) is -3.87. The third-order valence-corrected chi connectivity index (χ3v) is 7.75. The van der Waals surface area contributed by atoms with Crippen LogP contribution in [0, 0.1) is 5.82 Å². The Kier molecular flexibility index (Phi) is 8.77. The molecule has 3 aromatic carbocycles. The third kappa shape index (κ3) is 7.10. The average molecular weight is 588 g/mol. The zero-order chi connectivity index (χ0) is 29.5. The lowest BCUT2D eigenvalue weighted by Crippen LogP contribution is -2.23. The standard InChI is InChI=1S/C30H26FN5O5S/c31-24-9-5-21(6-10-24)28(38)30-34-29(35-41-30)22-7-13-26(14-8-22)42(39,40)36-25-11-3-20(4-12-25)15-17-33-19-27(37)23-2-1-16-32-18-23/h1-14,16,18,27,33,36-37H,15,17,19H2/t27-/m0/s1. The van der Waals surface area contributed by atoms with Gasteiger partial charge in [0.1, 0.15) is 5.82 Å². The van der Waals surface area contributed by atoms with Gasteiger partial charge in [-0.3, -0.25) is 14.5 Å². The van der Waals surface area contributed by atoms with E-state index in [-0.39, 0.29) is 22.2 Å². The number of carbonyl (C=O) groups excluding carboxylic acids is 1. The highest BCUT2D eigenvalue weighted by Gasteiger charge is 2.19. The summed E-state index contributed by atoms with van der Waals surface area (Å²) >= 11 is 0. The molecule has 10 nitrogen and oxygen atoms in total. The highest BCUT2D eigenvalue weighted by atomic mass is 32.2. The summed E-state index contributed by atoms with van der Waals surface area (Å²) in [4.78, 5) is 20.6. The summed E-state index contributed by atoms with van der Waals surface area (Å²) in [6, 6.07) is 21.4. The van der Waals surface area contributed by atoms with E-state index in [1.54, 1.807) is 30.6 Å². The predicted molar refractivity (Wildman–Crippen MR) is 153 cm³/mol. The molecule has 42 heavy (non-hydrogen) atoms. The van der Waals surface area contributed by atoms with Crippen LogP contribution in [-0.4, -0.2) is 47.5 Å². The fraction of sp³-hybridized carbons (Fsp3) is 0.133. The fourth-order valence-electron chi connectivity index (χ4n) is 4.06. The molecule has 0 spiro atoms. The predicted octanol–water partition coefficient (Wildman–Crippen LogP) is 4.17. The molecule has 0 saturated carbocycles. The number of aliphatic hydroxyl groups is 1. The Hall–Kier alpha value is -4.78. The molecule has 214 valence electrons. The van der Waals surface area contributed by atoms with Crippen LogP contribution < -0.4 is 10.0 Å². The SMILES string of the molecule is O=C(c1ccc(F)cc1)c1nc(-c2ccc(S(=O)(=O)Nc3ccc(CCNC[C@H](O)c4cccnc4)cc3)cc2)no1. The first-order valence-electron chi connectivity index (χ1n) is 12.9. The minimum Gasteiger partial charge on any atom is -0.387 e. The first kappa shape index (κ1) is 28.7. The quantitative estimate of drug-likeness (QED) is 0.145. The smallest absolute Gasteiger partial charge is 0.299 e. The van der Waals surface area contributed by atoms with Crippen molar-refractivity contribution < 1.29 is 27.2 Å². The van der Waals surface area contributed by atoms with Crippen molar-refractivity contribution in [3.63, 3.8) is 0 Å². The molecule has 0 radical (unpaired) electrons. The van der Waals surface area contributed by atoms with Gasteiger partial charge in [-0.05, 0) is 85.3 Å². The van der Waals surface area contributed by atoms with Crippen LogP contribution in [0.3, 0.4) is 0 Å². The number of nitrogens with one attached hydrogen (secondary N) is 2. The average Bonchev–Trinajstić information content (AvgIpc) is 3.51. The molecule has 0 fully saturated rings. The molecule has 2 aromatic heterocycles. The molecule has 5 aromatic rings. The van der Waals surface area contributed by atoms with Crippen LogP contribution in [0.4, 0.5) is 10.1 Å². The van der Waals surface area contributed by atoms with E-state index in [2.05, 4.69) is 25.2 Å². The second-order valence-corrected chi connectivity index (χ2v) is 11.0. The molecule has 0 aliphatic rings. The maximum absolute atomic E-state index is 13.1. The Bertz CT molecular complexity index is 1750. The van der Waals surface area contributed by atoms with Crippen molar-refractivity contribution in [2.24, 2.45) is 0 Å². The number of aliphatic hydroxyl groups excluding tert-OH is 1.